The highest BCUT2D eigenvalue weighted by Gasteiger charge is 2.16. The van der Waals surface area contributed by atoms with Crippen LogP contribution in [0.1, 0.15) is 6.42 Å². The molecule has 0 radical (unpaired) electrons. The summed E-state index contributed by atoms with van der Waals surface area (Å²) < 4.78 is 0. The van der Waals surface area contributed by atoms with Gasteiger partial charge in [0.05, 0.1) is 0 Å². The minimum atomic E-state index is 0.293. The molecule has 86 valence electrons. The number of piperazine rings is 1. The molecule has 0 spiro atoms. The summed E-state index contributed by atoms with van der Waals surface area (Å²) in [6.45, 7) is 3.29. The second-order valence-corrected chi connectivity index (χ2v) is 3.98. The van der Waals surface area contributed by atoms with Crippen LogP contribution in [0.4, 0.5) is 0 Å². The summed E-state index contributed by atoms with van der Waals surface area (Å²) in [5.74, 6) is 0.293. The average molecular weight is 220 g/mol. The van der Waals surface area contributed by atoms with Crippen LogP contribution < -0.4 is 0 Å². The van der Waals surface area contributed by atoms with Gasteiger partial charge in [0.2, 0.25) is 6.41 Å². The van der Waals surface area contributed by atoms with E-state index in [0.717, 1.165) is 39.0 Å². The summed E-state index contributed by atoms with van der Waals surface area (Å²) in [5.41, 5.74) is 1.20. The zero-order valence-electron chi connectivity index (χ0n) is 9.17. The maximum atomic E-state index is 10.6. The SMILES string of the molecule is O=CN1CCN(C2=CC=C(O)C=CC2)CC1. The summed E-state index contributed by atoms with van der Waals surface area (Å²) in [6.07, 6.45) is 9.07. The second kappa shape index (κ2) is 4.88. The fraction of sp³-hybridized carbons (Fsp3) is 0.417. The quantitative estimate of drug-likeness (QED) is 0.707. The zero-order valence-corrected chi connectivity index (χ0v) is 9.17. The highest BCUT2D eigenvalue weighted by atomic mass is 16.3. The number of aliphatic hydroxyl groups excluding tert-OH is 1. The minimum absolute atomic E-state index is 0.293. The molecule has 0 aromatic heterocycles. The van der Waals surface area contributed by atoms with Gasteiger partial charge >= 0.3 is 0 Å². The van der Waals surface area contributed by atoms with Gasteiger partial charge in [-0.3, -0.25) is 4.79 Å². The molecule has 0 atom stereocenters. The number of rotatable bonds is 2. The molecular weight excluding hydrogens is 204 g/mol. The first kappa shape index (κ1) is 10.8. The summed E-state index contributed by atoms with van der Waals surface area (Å²) in [5, 5.41) is 9.34. The van der Waals surface area contributed by atoms with Crippen molar-refractivity contribution in [2.24, 2.45) is 0 Å². The van der Waals surface area contributed by atoms with Crippen molar-refractivity contribution in [3.63, 3.8) is 0 Å². The monoisotopic (exact) mass is 220 g/mol. The Bertz CT molecular complexity index is 350. The van der Waals surface area contributed by atoms with Gasteiger partial charge in [0.1, 0.15) is 5.76 Å². The molecule has 1 fully saturated rings. The van der Waals surface area contributed by atoms with Gasteiger partial charge in [-0.2, -0.15) is 0 Å². The number of nitrogens with zero attached hydrogens (tertiary/aromatic N) is 2. The van der Waals surface area contributed by atoms with E-state index >= 15 is 0 Å². The molecule has 16 heavy (non-hydrogen) atoms. The van der Waals surface area contributed by atoms with E-state index < -0.39 is 0 Å². The van der Waals surface area contributed by atoms with Gasteiger partial charge in [0, 0.05) is 38.3 Å². The van der Waals surface area contributed by atoms with Gasteiger partial charge in [-0.05, 0) is 18.2 Å². The lowest BCUT2D eigenvalue weighted by atomic mass is 10.2. The van der Waals surface area contributed by atoms with Crippen LogP contribution in [0.15, 0.2) is 35.8 Å². The number of allylic oxidation sites excluding steroid dienone is 4. The van der Waals surface area contributed by atoms with Gasteiger partial charge in [0.25, 0.3) is 0 Å². The van der Waals surface area contributed by atoms with E-state index in [9.17, 15) is 9.90 Å². The third-order valence-corrected chi connectivity index (χ3v) is 2.93. The van der Waals surface area contributed by atoms with Crippen molar-refractivity contribution in [1.82, 2.24) is 9.80 Å². The lowest BCUT2D eigenvalue weighted by molar-refractivity contribution is -0.119. The Morgan fingerprint density at radius 3 is 2.62 bits per heavy atom. The second-order valence-electron chi connectivity index (χ2n) is 3.98. The molecular formula is C12H16N2O2. The van der Waals surface area contributed by atoms with Crippen LogP contribution in [0.3, 0.4) is 0 Å². The maximum absolute atomic E-state index is 10.6. The van der Waals surface area contributed by atoms with E-state index in [4.69, 9.17) is 0 Å². The number of carbonyl (C=O) groups is 1. The van der Waals surface area contributed by atoms with E-state index in [2.05, 4.69) is 4.90 Å². The number of aliphatic hydroxyl groups is 1. The first-order chi connectivity index (χ1) is 7.79. The van der Waals surface area contributed by atoms with Crippen molar-refractivity contribution in [1.29, 1.82) is 0 Å². The molecule has 0 bridgehead atoms. The smallest absolute Gasteiger partial charge is 0.209 e. The molecule has 0 aromatic carbocycles. The van der Waals surface area contributed by atoms with Crippen molar-refractivity contribution in [3.05, 3.63) is 35.8 Å². The molecule has 0 saturated carbocycles. The average Bonchev–Trinajstić information content (AvgIpc) is 2.54. The molecule has 4 nitrogen and oxygen atoms in total. The zero-order chi connectivity index (χ0) is 11.4. The van der Waals surface area contributed by atoms with E-state index in [1.165, 1.54) is 5.70 Å². The first-order valence-electron chi connectivity index (χ1n) is 5.50. The van der Waals surface area contributed by atoms with E-state index in [0.29, 0.717) is 5.76 Å². The summed E-state index contributed by atoms with van der Waals surface area (Å²) in [7, 11) is 0. The van der Waals surface area contributed by atoms with Gasteiger partial charge in [-0.15, -0.1) is 0 Å². The molecule has 1 heterocycles. The van der Waals surface area contributed by atoms with Crippen molar-refractivity contribution in [2.75, 3.05) is 26.2 Å². The van der Waals surface area contributed by atoms with Crippen molar-refractivity contribution >= 4 is 6.41 Å². The van der Waals surface area contributed by atoms with Crippen LogP contribution in [0.25, 0.3) is 0 Å². The molecule has 1 N–H and O–H groups in total. The van der Waals surface area contributed by atoms with Crippen molar-refractivity contribution < 1.29 is 9.90 Å². The largest absolute Gasteiger partial charge is 0.508 e. The topological polar surface area (TPSA) is 43.8 Å². The van der Waals surface area contributed by atoms with E-state index in [1.54, 1.807) is 17.1 Å². The van der Waals surface area contributed by atoms with Crippen LogP contribution in [0.5, 0.6) is 0 Å². The van der Waals surface area contributed by atoms with Crippen LogP contribution in [0, 0.1) is 0 Å². The number of carbonyl (C=O) groups excluding carboxylic acids is 1. The lowest BCUT2D eigenvalue weighted by Crippen LogP contribution is -2.44. The highest BCUT2D eigenvalue weighted by Crippen LogP contribution is 2.16. The fourth-order valence-corrected chi connectivity index (χ4v) is 1.95. The number of hydrogen-bond acceptors (Lipinski definition) is 3. The molecule has 1 saturated heterocycles. The van der Waals surface area contributed by atoms with Crippen molar-refractivity contribution in [3.8, 4) is 0 Å². The van der Waals surface area contributed by atoms with Gasteiger partial charge in [0.15, 0.2) is 0 Å². The summed E-state index contributed by atoms with van der Waals surface area (Å²) in [6, 6.07) is 0. The molecule has 4 heteroatoms. The Morgan fingerprint density at radius 2 is 1.94 bits per heavy atom. The molecule has 0 unspecified atom stereocenters. The first-order valence-corrected chi connectivity index (χ1v) is 5.50. The molecule has 2 rings (SSSR count). The molecule has 2 aliphatic rings. The third kappa shape index (κ3) is 2.45. The Kier molecular flexibility index (Phi) is 3.29. The predicted molar refractivity (Wildman–Crippen MR) is 61.8 cm³/mol. The molecule has 0 aromatic rings. The number of hydrogen-bond donors (Lipinski definition) is 1. The molecule has 1 aliphatic carbocycles. The third-order valence-electron chi connectivity index (χ3n) is 2.93. The van der Waals surface area contributed by atoms with Crippen LogP contribution >= 0.6 is 0 Å². The normalized spacial score (nSPS) is 21.2. The summed E-state index contributed by atoms with van der Waals surface area (Å²) in [4.78, 5) is 14.6. The molecule has 1 aliphatic heterocycles. The molecule has 1 amide bonds. The highest BCUT2D eigenvalue weighted by molar-refractivity contribution is 5.47. The fourth-order valence-electron chi connectivity index (χ4n) is 1.95. The lowest BCUT2D eigenvalue weighted by Gasteiger charge is -2.35. The maximum Gasteiger partial charge on any atom is 0.209 e. The van der Waals surface area contributed by atoms with E-state index in [-0.39, 0.29) is 0 Å². The van der Waals surface area contributed by atoms with E-state index in [1.807, 2.05) is 12.2 Å². The van der Waals surface area contributed by atoms with Crippen LogP contribution in [-0.4, -0.2) is 47.5 Å². The standard InChI is InChI=1S/C12H16N2O2/c15-10-13-6-8-14(9-7-13)11-2-1-3-12(16)5-4-11/h1,3-5,10,16H,2,6-9H2. The van der Waals surface area contributed by atoms with Crippen molar-refractivity contribution in [2.45, 2.75) is 6.42 Å². The Labute approximate surface area is 95.1 Å². The van der Waals surface area contributed by atoms with Crippen LogP contribution in [0.2, 0.25) is 0 Å². The predicted octanol–water partition coefficient (Wildman–Crippen LogP) is 1.05. The van der Waals surface area contributed by atoms with Crippen LogP contribution in [-0.2, 0) is 4.79 Å². The Hall–Kier alpha value is -1.71. The number of amides is 1. The van der Waals surface area contributed by atoms with Gasteiger partial charge in [-0.25, -0.2) is 0 Å². The van der Waals surface area contributed by atoms with Gasteiger partial charge in [-0.1, -0.05) is 6.08 Å². The van der Waals surface area contributed by atoms with Gasteiger partial charge < -0.3 is 14.9 Å². The minimum Gasteiger partial charge on any atom is -0.508 e. The summed E-state index contributed by atoms with van der Waals surface area (Å²) >= 11 is 0. The Balaban J connectivity index is 1.99. The Morgan fingerprint density at radius 1 is 1.19 bits per heavy atom.